The van der Waals surface area contributed by atoms with Crippen molar-refractivity contribution in [1.82, 2.24) is 19.7 Å². The minimum absolute atomic E-state index is 0.154. The van der Waals surface area contributed by atoms with Crippen molar-refractivity contribution in [1.29, 1.82) is 0 Å². The zero-order chi connectivity index (χ0) is 25.9. The number of para-hydroxylation sites is 1. The number of thioether (sulfide) groups is 1. The standard InChI is InChI=1S/C27H23ClN6O2S/c1-16(26(36)31-20-11-9-19(10-12-20)30-17(2)35)37-27-33-32-25(34(27)21-13-7-18(28)8-14-21)23-15-29-24-6-4-3-5-22(23)24/h3-16,29H,1-2H3,(H,30,35)(H,31,36)/t16-/m1/s1. The van der Waals surface area contributed by atoms with Gasteiger partial charge in [-0.15, -0.1) is 10.2 Å². The Hall–Kier alpha value is -4.08. The van der Waals surface area contributed by atoms with Crippen molar-refractivity contribution in [3.05, 3.63) is 84.0 Å². The number of carbonyl (C=O) groups is 2. The van der Waals surface area contributed by atoms with Crippen LogP contribution in [0.25, 0.3) is 28.0 Å². The molecular weight excluding hydrogens is 508 g/mol. The van der Waals surface area contributed by atoms with Crippen LogP contribution in [-0.2, 0) is 9.59 Å². The van der Waals surface area contributed by atoms with E-state index in [9.17, 15) is 9.59 Å². The number of rotatable bonds is 7. The second kappa shape index (κ2) is 10.5. The van der Waals surface area contributed by atoms with E-state index < -0.39 is 5.25 Å². The zero-order valence-electron chi connectivity index (χ0n) is 20.0. The van der Waals surface area contributed by atoms with Crippen LogP contribution in [-0.4, -0.2) is 36.8 Å². The molecule has 5 aromatic rings. The normalized spacial score (nSPS) is 11.9. The van der Waals surface area contributed by atoms with Crippen LogP contribution in [0.2, 0.25) is 5.02 Å². The first-order valence-corrected chi connectivity index (χ1v) is 12.8. The Morgan fingerprint density at radius 2 is 1.62 bits per heavy atom. The third kappa shape index (κ3) is 5.37. The number of H-pyrrole nitrogens is 1. The summed E-state index contributed by atoms with van der Waals surface area (Å²) in [6.45, 7) is 3.26. The molecule has 8 nitrogen and oxygen atoms in total. The minimum Gasteiger partial charge on any atom is -0.360 e. The topological polar surface area (TPSA) is 105 Å². The van der Waals surface area contributed by atoms with E-state index in [2.05, 4.69) is 25.8 Å². The molecule has 2 amide bonds. The van der Waals surface area contributed by atoms with Gasteiger partial charge in [0.2, 0.25) is 11.8 Å². The van der Waals surface area contributed by atoms with Gasteiger partial charge >= 0.3 is 0 Å². The average molecular weight is 531 g/mol. The number of carbonyl (C=O) groups excluding carboxylic acids is 2. The van der Waals surface area contributed by atoms with Crippen LogP contribution in [0.3, 0.4) is 0 Å². The summed E-state index contributed by atoms with van der Waals surface area (Å²) in [4.78, 5) is 27.5. The number of fused-ring (bicyclic) bond motifs is 1. The van der Waals surface area contributed by atoms with Gasteiger partial charge in [0.25, 0.3) is 0 Å². The molecule has 1 atom stereocenters. The average Bonchev–Trinajstić information content (AvgIpc) is 3.49. The molecule has 0 aliphatic heterocycles. The third-order valence-electron chi connectivity index (χ3n) is 5.67. The molecule has 0 saturated carbocycles. The lowest BCUT2D eigenvalue weighted by Crippen LogP contribution is -2.23. The highest BCUT2D eigenvalue weighted by Gasteiger charge is 2.23. The number of amides is 2. The predicted molar refractivity (Wildman–Crippen MR) is 148 cm³/mol. The lowest BCUT2D eigenvalue weighted by molar-refractivity contribution is -0.115. The van der Waals surface area contributed by atoms with Crippen LogP contribution >= 0.6 is 23.4 Å². The van der Waals surface area contributed by atoms with Gasteiger partial charge in [0, 0.05) is 51.7 Å². The molecule has 3 aromatic carbocycles. The Balaban J connectivity index is 1.43. The summed E-state index contributed by atoms with van der Waals surface area (Å²) in [5.74, 6) is 0.318. The van der Waals surface area contributed by atoms with E-state index in [1.54, 1.807) is 24.3 Å². The molecule has 186 valence electrons. The summed E-state index contributed by atoms with van der Waals surface area (Å²) < 4.78 is 1.93. The van der Waals surface area contributed by atoms with E-state index >= 15 is 0 Å². The minimum atomic E-state index is -0.471. The fourth-order valence-electron chi connectivity index (χ4n) is 3.90. The first kappa shape index (κ1) is 24.6. The smallest absolute Gasteiger partial charge is 0.237 e. The molecule has 0 fully saturated rings. The van der Waals surface area contributed by atoms with Gasteiger partial charge in [-0.3, -0.25) is 14.2 Å². The number of aromatic nitrogens is 4. The first-order chi connectivity index (χ1) is 17.9. The lowest BCUT2D eigenvalue weighted by Gasteiger charge is -2.14. The van der Waals surface area contributed by atoms with Crippen molar-refractivity contribution in [2.45, 2.75) is 24.3 Å². The van der Waals surface area contributed by atoms with Crippen molar-refractivity contribution in [2.75, 3.05) is 10.6 Å². The van der Waals surface area contributed by atoms with Crippen molar-refractivity contribution >= 4 is 57.5 Å². The second-order valence-corrected chi connectivity index (χ2v) is 10.1. The highest BCUT2D eigenvalue weighted by molar-refractivity contribution is 8.00. The van der Waals surface area contributed by atoms with E-state index in [1.165, 1.54) is 18.7 Å². The maximum absolute atomic E-state index is 13.0. The number of hydrogen-bond acceptors (Lipinski definition) is 5. The van der Waals surface area contributed by atoms with Gasteiger partial charge in [0.05, 0.1) is 5.25 Å². The zero-order valence-corrected chi connectivity index (χ0v) is 21.6. The van der Waals surface area contributed by atoms with Gasteiger partial charge in [-0.2, -0.15) is 0 Å². The summed E-state index contributed by atoms with van der Waals surface area (Å²) in [6, 6.07) is 22.4. The van der Waals surface area contributed by atoms with Crippen molar-refractivity contribution < 1.29 is 9.59 Å². The molecule has 0 bridgehead atoms. The maximum atomic E-state index is 13.0. The molecule has 2 aromatic heterocycles. The SMILES string of the molecule is CC(=O)Nc1ccc(NC(=O)[C@@H](C)Sc2nnc(-c3c[nH]c4ccccc34)n2-c2ccc(Cl)cc2)cc1. The van der Waals surface area contributed by atoms with Gasteiger partial charge in [0.15, 0.2) is 11.0 Å². The third-order valence-corrected chi connectivity index (χ3v) is 6.97. The predicted octanol–water partition coefficient (Wildman–Crippen LogP) is 6.15. The molecule has 2 heterocycles. The van der Waals surface area contributed by atoms with Crippen LogP contribution in [0.1, 0.15) is 13.8 Å². The van der Waals surface area contributed by atoms with Crippen molar-refractivity contribution in [3.8, 4) is 17.1 Å². The highest BCUT2D eigenvalue weighted by Crippen LogP contribution is 2.34. The van der Waals surface area contributed by atoms with E-state index in [1.807, 2.05) is 66.2 Å². The Labute approximate surface area is 222 Å². The number of aromatic amines is 1. The van der Waals surface area contributed by atoms with Crippen LogP contribution in [0.5, 0.6) is 0 Å². The van der Waals surface area contributed by atoms with E-state index in [0.717, 1.165) is 22.2 Å². The Kier molecular flexibility index (Phi) is 6.98. The first-order valence-electron chi connectivity index (χ1n) is 11.5. The summed E-state index contributed by atoms with van der Waals surface area (Å²) in [7, 11) is 0. The highest BCUT2D eigenvalue weighted by atomic mass is 35.5. The summed E-state index contributed by atoms with van der Waals surface area (Å²) in [6.07, 6.45) is 1.91. The number of halogens is 1. The monoisotopic (exact) mass is 530 g/mol. The number of benzene rings is 3. The molecule has 0 spiro atoms. The fraction of sp³-hybridized carbons (Fsp3) is 0.111. The molecule has 0 aliphatic carbocycles. The number of nitrogens with one attached hydrogen (secondary N) is 3. The van der Waals surface area contributed by atoms with Gasteiger partial charge in [0.1, 0.15) is 0 Å². The summed E-state index contributed by atoms with van der Waals surface area (Å²) in [5.41, 5.74) is 4.02. The number of hydrogen-bond donors (Lipinski definition) is 3. The lowest BCUT2D eigenvalue weighted by atomic mass is 10.1. The molecule has 5 rings (SSSR count). The number of nitrogens with zero attached hydrogens (tertiary/aromatic N) is 3. The van der Waals surface area contributed by atoms with Crippen LogP contribution < -0.4 is 10.6 Å². The Morgan fingerprint density at radius 3 is 2.32 bits per heavy atom. The van der Waals surface area contributed by atoms with E-state index in [4.69, 9.17) is 11.6 Å². The van der Waals surface area contributed by atoms with Crippen LogP contribution in [0, 0.1) is 0 Å². The Morgan fingerprint density at radius 1 is 0.946 bits per heavy atom. The van der Waals surface area contributed by atoms with Gasteiger partial charge in [-0.25, -0.2) is 0 Å². The molecule has 10 heteroatoms. The molecule has 0 unspecified atom stereocenters. The maximum Gasteiger partial charge on any atom is 0.237 e. The largest absolute Gasteiger partial charge is 0.360 e. The van der Waals surface area contributed by atoms with Crippen molar-refractivity contribution in [2.24, 2.45) is 0 Å². The van der Waals surface area contributed by atoms with Gasteiger partial charge in [-0.1, -0.05) is 41.6 Å². The van der Waals surface area contributed by atoms with Gasteiger partial charge in [-0.05, 0) is 61.5 Å². The van der Waals surface area contributed by atoms with Crippen LogP contribution in [0.15, 0.2) is 84.1 Å². The molecule has 0 aliphatic rings. The van der Waals surface area contributed by atoms with E-state index in [0.29, 0.717) is 27.4 Å². The van der Waals surface area contributed by atoms with E-state index in [-0.39, 0.29) is 11.8 Å². The van der Waals surface area contributed by atoms with Gasteiger partial charge < -0.3 is 15.6 Å². The van der Waals surface area contributed by atoms with Crippen LogP contribution in [0.4, 0.5) is 11.4 Å². The quantitative estimate of drug-likeness (QED) is 0.219. The fourth-order valence-corrected chi connectivity index (χ4v) is 4.89. The summed E-state index contributed by atoms with van der Waals surface area (Å²) in [5, 5.41) is 16.3. The number of anilines is 2. The molecule has 37 heavy (non-hydrogen) atoms. The molecule has 0 saturated heterocycles. The summed E-state index contributed by atoms with van der Waals surface area (Å²) >= 11 is 7.45. The van der Waals surface area contributed by atoms with Crippen molar-refractivity contribution in [3.63, 3.8) is 0 Å². The molecule has 3 N–H and O–H groups in total. The molecule has 0 radical (unpaired) electrons. The Bertz CT molecular complexity index is 1580. The molecular formula is C27H23ClN6O2S. The second-order valence-electron chi connectivity index (χ2n) is 8.37.